The van der Waals surface area contributed by atoms with Crippen molar-refractivity contribution in [3.8, 4) is 0 Å². The maximum atomic E-state index is 11.5. The van der Waals surface area contributed by atoms with Crippen LogP contribution in [0.1, 0.15) is 25.8 Å². The van der Waals surface area contributed by atoms with Crippen molar-refractivity contribution in [3.63, 3.8) is 0 Å². The first-order valence-corrected chi connectivity index (χ1v) is 5.47. The molecule has 0 atom stereocenters. The first kappa shape index (κ1) is 11.9. The Bertz CT molecular complexity index is 293. The zero-order valence-corrected chi connectivity index (χ0v) is 9.49. The Morgan fingerprint density at radius 3 is 2.53 bits per heavy atom. The minimum atomic E-state index is 0.285. The van der Waals surface area contributed by atoms with Crippen LogP contribution >= 0.6 is 0 Å². The number of carbonyl (C=O) groups is 1. The molecule has 0 radical (unpaired) electrons. The van der Waals surface area contributed by atoms with Crippen molar-refractivity contribution in [3.05, 3.63) is 35.9 Å². The third-order valence-electron chi connectivity index (χ3n) is 2.24. The summed E-state index contributed by atoms with van der Waals surface area (Å²) < 4.78 is 0. The largest absolute Gasteiger partial charge is 0.308 e. The molecule has 0 unspecified atom stereocenters. The van der Waals surface area contributed by atoms with E-state index in [0.29, 0.717) is 19.0 Å². The number of rotatable bonds is 6. The fourth-order valence-corrected chi connectivity index (χ4v) is 1.33. The molecule has 0 bridgehead atoms. The minimum absolute atomic E-state index is 0.285. The summed E-state index contributed by atoms with van der Waals surface area (Å²) in [6, 6.07) is 10.5. The van der Waals surface area contributed by atoms with E-state index in [4.69, 9.17) is 0 Å². The molecular formula is C13H19NO. The van der Waals surface area contributed by atoms with E-state index >= 15 is 0 Å². The van der Waals surface area contributed by atoms with E-state index in [1.807, 2.05) is 32.0 Å². The lowest BCUT2D eigenvalue weighted by Crippen LogP contribution is -2.29. The Labute approximate surface area is 91.7 Å². The van der Waals surface area contributed by atoms with E-state index in [0.717, 1.165) is 6.42 Å². The van der Waals surface area contributed by atoms with Gasteiger partial charge in [-0.05, 0) is 12.0 Å². The Morgan fingerprint density at radius 2 is 1.93 bits per heavy atom. The van der Waals surface area contributed by atoms with Crippen molar-refractivity contribution in [1.82, 2.24) is 5.32 Å². The van der Waals surface area contributed by atoms with Gasteiger partial charge in [0.1, 0.15) is 5.78 Å². The summed E-state index contributed by atoms with van der Waals surface area (Å²) >= 11 is 0. The van der Waals surface area contributed by atoms with E-state index < -0.39 is 0 Å². The van der Waals surface area contributed by atoms with Crippen molar-refractivity contribution in [2.24, 2.45) is 0 Å². The van der Waals surface area contributed by atoms with Gasteiger partial charge >= 0.3 is 0 Å². The minimum Gasteiger partial charge on any atom is -0.308 e. The van der Waals surface area contributed by atoms with Gasteiger partial charge in [-0.3, -0.25) is 4.79 Å². The molecule has 1 N–H and O–H groups in total. The lowest BCUT2D eigenvalue weighted by atomic mass is 10.1. The lowest BCUT2D eigenvalue weighted by molar-refractivity contribution is -0.118. The molecule has 15 heavy (non-hydrogen) atoms. The molecule has 0 spiro atoms. The molecule has 82 valence electrons. The molecule has 1 aromatic rings. The Kier molecular flexibility index (Phi) is 5.05. The van der Waals surface area contributed by atoms with E-state index in [-0.39, 0.29) is 5.78 Å². The Hall–Kier alpha value is -1.15. The Morgan fingerprint density at radius 1 is 1.27 bits per heavy atom. The fourth-order valence-electron chi connectivity index (χ4n) is 1.33. The SMILES string of the molecule is CC(C)NCC(=O)CCc1ccccc1. The molecule has 0 heterocycles. The van der Waals surface area contributed by atoms with Gasteiger partial charge < -0.3 is 5.32 Å². The van der Waals surface area contributed by atoms with Gasteiger partial charge in [0.2, 0.25) is 0 Å². The molecule has 2 nitrogen and oxygen atoms in total. The van der Waals surface area contributed by atoms with Gasteiger partial charge in [-0.15, -0.1) is 0 Å². The summed E-state index contributed by atoms with van der Waals surface area (Å²) in [6.45, 7) is 4.58. The summed E-state index contributed by atoms with van der Waals surface area (Å²) in [5.74, 6) is 0.285. The van der Waals surface area contributed by atoms with Gasteiger partial charge in [0, 0.05) is 12.5 Å². The summed E-state index contributed by atoms with van der Waals surface area (Å²) in [6.07, 6.45) is 1.48. The van der Waals surface area contributed by atoms with E-state index in [9.17, 15) is 4.79 Å². The highest BCUT2D eigenvalue weighted by atomic mass is 16.1. The van der Waals surface area contributed by atoms with E-state index in [1.54, 1.807) is 0 Å². The maximum Gasteiger partial charge on any atom is 0.146 e. The molecule has 1 rings (SSSR count). The van der Waals surface area contributed by atoms with Gasteiger partial charge in [0.05, 0.1) is 6.54 Å². The topological polar surface area (TPSA) is 29.1 Å². The molecule has 0 fully saturated rings. The second-order valence-corrected chi connectivity index (χ2v) is 4.06. The highest BCUT2D eigenvalue weighted by Crippen LogP contribution is 2.02. The van der Waals surface area contributed by atoms with Crippen LogP contribution in [0.2, 0.25) is 0 Å². The molecule has 0 amide bonds. The first-order chi connectivity index (χ1) is 7.18. The molecule has 0 aromatic heterocycles. The summed E-state index contributed by atoms with van der Waals surface area (Å²) in [5, 5.41) is 3.13. The summed E-state index contributed by atoms with van der Waals surface area (Å²) in [5.41, 5.74) is 1.23. The Balaban J connectivity index is 2.23. The summed E-state index contributed by atoms with van der Waals surface area (Å²) in [7, 11) is 0. The van der Waals surface area contributed by atoms with E-state index in [1.165, 1.54) is 5.56 Å². The quantitative estimate of drug-likeness (QED) is 0.771. The third kappa shape index (κ3) is 5.33. The van der Waals surface area contributed by atoms with Crippen LogP contribution in [0.4, 0.5) is 0 Å². The molecule has 0 saturated heterocycles. The van der Waals surface area contributed by atoms with Crippen molar-refractivity contribution < 1.29 is 4.79 Å². The summed E-state index contributed by atoms with van der Waals surface area (Å²) in [4.78, 5) is 11.5. The number of benzene rings is 1. The smallest absolute Gasteiger partial charge is 0.146 e. The van der Waals surface area contributed by atoms with Gasteiger partial charge in [0.25, 0.3) is 0 Å². The number of aryl methyl sites for hydroxylation is 1. The average Bonchev–Trinajstić information content (AvgIpc) is 2.25. The van der Waals surface area contributed by atoms with Crippen LogP contribution in [-0.4, -0.2) is 18.4 Å². The molecule has 0 aliphatic rings. The lowest BCUT2D eigenvalue weighted by Gasteiger charge is -2.06. The zero-order chi connectivity index (χ0) is 11.1. The highest BCUT2D eigenvalue weighted by Gasteiger charge is 2.02. The van der Waals surface area contributed by atoms with Crippen LogP contribution in [0.5, 0.6) is 0 Å². The zero-order valence-electron chi connectivity index (χ0n) is 9.49. The van der Waals surface area contributed by atoms with Crippen molar-refractivity contribution in [2.75, 3.05) is 6.54 Å². The predicted molar refractivity (Wildman–Crippen MR) is 62.9 cm³/mol. The second kappa shape index (κ2) is 6.36. The van der Waals surface area contributed by atoms with Crippen LogP contribution in [0.25, 0.3) is 0 Å². The molecule has 0 aliphatic heterocycles. The van der Waals surface area contributed by atoms with Gasteiger partial charge in [-0.1, -0.05) is 44.2 Å². The van der Waals surface area contributed by atoms with Crippen LogP contribution < -0.4 is 5.32 Å². The second-order valence-electron chi connectivity index (χ2n) is 4.06. The molecular weight excluding hydrogens is 186 g/mol. The van der Waals surface area contributed by atoms with Crippen molar-refractivity contribution >= 4 is 5.78 Å². The van der Waals surface area contributed by atoms with E-state index in [2.05, 4.69) is 17.4 Å². The average molecular weight is 205 g/mol. The standard InChI is InChI=1S/C13H19NO/c1-11(2)14-10-13(15)9-8-12-6-4-3-5-7-12/h3-7,11,14H,8-10H2,1-2H3. The van der Waals surface area contributed by atoms with Gasteiger partial charge in [-0.25, -0.2) is 0 Å². The third-order valence-corrected chi connectivity index (χ3v) is 2.24. The molecule has 2 heteroatoms. The molecule has 1 aromatic carbocycles. The van der Waals surface area contributed by atoms with Crippen LogP contribution in [0, 0.1) is 0 Å². The normalized spacial score (nSPS) is 10.6. The van der Waals surface area contributed by atoms with Crippen molar-refractivity contribution in [2.45, 2.75) is 32.7 Å². The highest BCUT2D eigenvalue weighted by molar-refractivity contribution is 5.80. The van der Waals surface area contributed by atoms with Gasteiger partial charge in [0.15, 0.2) is 0 Å². The predicted octanol–water partition coefficient (Wildman–Crippen LogP) is 2.19. The van der Waals surface area contributed by atoms with Crippen LogP contribution in [0.15, 0.2) is 30.3 Å². The molecule has 0 saturated carbocycles. The number of Topliss-reactive ketones (excluding diaryl/α,β-unsaturated/α-hetero) is 1. The monoisotopic (exact) mass is 205 g/mol. The number of hydrogen-bond acceptors (Lipinski definition) is 2. The van der Waals surface area contributed by atoms with Gasteiger partial charge in [-0.2, -0.15) is 0 Å². The maximum absolute atomic E-state index is 11.5. The molecule has 0 aliphatic carbocycles. The number of hydrogen-bond donors (Lipinski definition) is 1. The number of carbonyl (C=O) groups excluding carboxylic acids is 1. The van der Waals surface area contributed by atoms with Crippen LogP contribution in [0.3, 0.4) is 0 Å². The fraction of sp³-hybridized carbons (Fsp3) is 0.462. The first-order valence-electron chi connectivity index (χ1n) is 5.47. The number of ketones is 1. The van der Waals surface area contributed by atoms with Crippen LogP contribution in [-0.2, 0) is 11.2 Å². The number of nitrogens with one attached hydrogen (secondary N) is 1. The van der Waals surface area contributed by atoms with Crippen molar-refractivity contribution in [1.29, 1.82) is 0 Å².